The first-order chi connectivity index (χ1) is 50.1. The second-order valence-electron chi connectivity index (χ2n) is 29.3. The van der Waals surface area contributed by atoms with Crippen LogP contribution in [0.5, 0.6) is 0 Å². The maximum atomic E-state index is 5.86. The first kappa shape index (κ1) is 105. The molecule has 0 saturated carbocycles. The van der Waals surface area contributed by atoms with Gasteiger partial charge >= 0.3 is 0 Å². The molecular weight excluding hydrogens is 1270 g/mol. The van der Waals surface area contributed by atoms with Gasteiger partial charge in [0.25, 0.3) is 0 Å². The van der Waals surface area contributed by atoms with E-state index in [1.807, 2.05) is 0 Å². The maximum Gasteiger partial charge on any atom is 0.0105 e. The Bertz CT molecular complexity index is 1370. The van der Waals surface area contributed by atoms with E-state index in [1.54, 1.807) is 0 Å². The highest BCUT2D eigenvalue weighted by atomic mass is 15.2. The summed E-state index contributed by atoms with van der Waals surface area (Å²) in [4.78, 5) is 25.6. The monoisotopic (exact) mass is 1460 g/mol. The summed E-state index contributed by atoms with van der Waals surface area (Å²) in [7, 11) is 0. The van der Waals surface area contributed by atoms with Gasteiger partial charge < -0.3 is 124 Å². The average Bonchev–Trinajstić information content (AvgIpc) is 1.78. The first-order valence-electron chi connectivity index (χ1n) is 43.4. The molecule has 0 aromatic heterocycles. The van der Waals surface area contributed by atoms with Crippen LogP contribution in [0.4, 0.5) is 0 Å². The van der Waals surface area contributed by atoms with E-state index in [9.17, 15) is 0 Å². The fourth-order valence-corrected chi connectivity index (χ4v) is 13.7. The topological polar surface area (TPSA) is 371 Å². The van der Waals surface area contributed by atoms with E-state index in [1.165, 1.54) is 239 Å². The van der Waals surface area contributed by atoms with Crippen molar-refractivity contribution in [2.75, 3.05) is 281 Å². The van der Waals surface area contributed by atoms with E-state index >= 15 is 0 Å². The highest BCUT2D eigenvalue weighted by Gasteiger charge is 2.14. The van der Waals surface area contributed by atoms with Gasteiger partial charge in [-0.15, -0.1) is 0 Å². The maximum absolute atomic E-state index is 5.86. The van der Waals surface area contributed by atoms with Crippen molar-refractivity contribution in [2.45, 2.75) is 233 Å². The van der Waals surface area contributed by atoms with Gasteiger partial charge in [0.05, 0.1) is 0 Å². The minimum absolute atomic E-state index is 0.691. The second kappa shape index (κ2) is 89.0. The third-order valence-electron chi connectivity index (χ3n) is 19.8. The van der Waals surface area contributed by atoms with E-state index in [0.717, 1.165) is 215 Å². The minimum atomic E-state index is 0.691. The Morgan fingerprint density at radius 3 is 0.343 bits per heavy atom. The average molecular weight is 1460 g/mol. The molecule has 0 aliphatic carbocycles. The molecule has 0 heterocycles. The normalized spacial score (nSPS) is 12.1. The molecule has 0 rings (SSSR count). The lowest BCUT2D eigenvalue weighted by Crippen LogP contribution is -2.38. The number of unbranched alkanes of at least 4 members (excludes halogenated alkanes) is 16. The minimum Gasteiger partial charge on any atom is -0.330 e. The fourth-order valence-electron chi connectivity index (χ4n) is 13.7. The summed E-state index contributed by atoms with van der Waals surface area (Å²) in [6, 6.07) is 0. The summed E-state index contributed by atoms with van der Waals surface area (Å²) in [5, 5.41) is 0. The smallest absolute Gasteiger partial charge is 0.0105 e. The number of hydrogen-bond acceptors (Lipinski definition) is 23. The molecule has 0 atom stereocenters. The van der Waals surface area contributed by atoms with Crippen molar-refractivity contribution in [3.63, 3.8) is 0 Å². The molecule has 0 fully saturated rings. The van der Waals surface area contributed by atoms with Crippen LogP contribution in [0.3, 0.4) is 0 Å². The van der Waals surface area contributed by atoms with Crippen LogP contribution < -0.4 is 74.5 Å². The van der Waals surface area contributed by atoms with Crippen LogP contribution >= 0.6 is 0 Å². The molecule has 0 bridgehead atoms. The Hall–Kier alpha value is -0.920. The van der Waals surface area contributed by atoms with Crippen LogP contribution in [0, 0.1) is 0 Å². The molecule has 0 amide bonds. The van der Waals surface area contributed by atoms with Gasteiger partial charge in [0.2, 0.25) is 0 Å². The van der Waals surface area contributed by atoms with Crippen LogP contribution in [0.25, 0.3) is 0 Å². The van der Waals surface area contributed by atoms with E-state index in [-0.39, 0.29) is 0 Å². The van der Waals surface area contributed by atoms with Crippen LogP contribution in [0.15, 0.2) is 0 Å². The predicted octanol–water partition coefficient (Wildman–Crippen LogP) is 5.38. The lowest BCUT2D eigenvalue weighted by atomic mass is 10.1. The molecule has 23 nitrogen and oxygen atoms in total. The van der Waals surface area contributed by atoms with Crippen molar-refractivity contribution in [3.8, 4) is 0 Å². The van der Waals surface area contributed by atoms with Crippen LogP contribution in [0.2, 0.25) is 0 Å². The van der Waals surface area contributed by atoms with Crippen LogP contribution in [-0.4, -0.2) is 330 Å². The molecule has 618 valence electrons. The predicted molar refractivity (Wildman–Crippen MR) is 451 cm³/mol. The molecule has 0 saturated heterocycles. The number of nitrogens with two attached hydrogens (primary N) is 13. The lowest BCUT2D eigenvalue weighted by Gasteiger charge is -2.27. The lowest BCUT2D eigenvalue weighted by molar-refractivity contribution is 0.205. The van der Waals surface area contributed by atoms with Gasteiger partial charge in [0.15, 0.2) is 0 Å². The van der Waals surface area contributed by atoms with Gasteiger partial charge in [-0.05, 0) is 331 Å². The molecule has 0 spiro atoms. The largest absolute Gasteiger partial charge is 0.330 e. The van der Waals surface area contributed by atoms with Gasteiger partial charge in [0, 0.05) is 78.5 Å². The molecule has 26 N–H and O–H groups in total. The second-order valence-corrected chi connectivity index (χ2v) is 29.3. The molecule has 23 heteroatoms. The van der Waals surface area contributed by atoms with E-state index in [2.05, 4.69) is 69.8 Å². The Morgan fingerprint density at radius 1 is 0.108 bits per heavy atom. The van der Waals surface area contributed by atoms with Crippen molar-refractivity contribution in [1.29, 1.82) is 0 Å². The molecule has 0 aliphatic heterocycles. The summed E-state index contributed by atoms with van der Waals surface area (Å²) in [6.45, 7) is 50.1. The SMILES string of the molecule is CCCCN(CCCN)CCCCCCCCN(CCCN)CCCN.CCCCN(CCCN)CCCCCCN(CCCN)CCCN.CCCCN(CCCN)CCCN(CCCCCCCCN(CCCN(CCN)CCN)CCCN(CCN)CCN)CCCN(CCN)CCN. The highest BCUT2D eigenvalue weighted by molar-refractivity contribution is 4.71. The number of nitrogens with zero attached hydrogens (tertiary/aromatic N) is 10. The molecule has 0 aliphatic rings. The fraction of sp³-hybridized carbons (Fsp3) is 1.00. The number of hydrogen-bond donors (Lipinski definition) is 13. The van der Waals surface area contributed by atoms with E-state index in [0.29, 0.717) is 39.3 Å². The third kappa shape index (κ3) is 75.9. The van der Waals surface area contributed by atoms with Gasteiger partial charge in [0.1, 0.15) is 0 Å². The van der Waals surface area contributed by atoms with Crippen LogP contribution in [-0.2, 0) is 0 Å². The highest BCUT2D eigenvalue weighted by Crippen LogP contribution is 2.13. The zero-order valence-electron chi connectivity index (χ0n) is 68.7. The Kier molecular flexibility index (Phi) is 91.8. The Morgan fingerprint density at radius 2 is 0.216 bits per heavy atom. The van der Waals surface area contributed by atoms with Crippen LogP contribution in [0.1, 0.15) is 233 Å². The number of rotatable bonds is 83. The third-order valence-corrected chi connectivity index (χ3v) is 19.8. The van der Waals surface area contributed by atoms with Gasteiger partial charge in [-0.25, -0.2) is 0 Å². The van der Waals surface area contributed by atoms with Crippen molar-refractivity contribution >= 4 is 0 Å². The molecule has 0 aromatic carbocycles. The quantitative estimate of drug-likeness (QED) is 0.0340. The van der Waals surface area contributed by atoms with Gasteiger partial charge in [-0.1, -0.05) is 104 Å². The summed E-state index contributed by atoms with van der Waals surface area (Å²) >= 11 is 0. The van der Waals surface area contributed by atoms with Crippen molar-refractivity contribution in [2.24, 2.45) is 74.5 Å². The van der Waals surface area contributed by atoms with Crippen molar-refractivity contribution in [1.82, 2.24) is 49.0 Å². The standard InChI is InChI=1S/C39H93N13.C21H49N5.C19H45N5/c1-2-3-22-47(25-10-15-40)26-11-27-48(28-12-31-50(34-16-41)35-17-42)23-8-6-4-5-7-9-24-49(29-13-32-51(36-18-43)37-19-44)30-14-33-52(38-20-45)39-21-46;1-2-3-16-25(19-10-13-22)17-8-6-4-5-7-9-18-26(20-11-14-23)21-12-15-24;1-2-3-14-23(17-8-11-20)15-6-4-5-7-16-24(18-9-12-21)19-10-13-22/h2-46H2,1H3;2-24H2,1H3;2-22H2,1H3. The van der Waals surface area contributed by atoms with E-state index in [4.69, 9.17) is 74.5 Å². The van der Waals surface area contributed by atoms with Crippen molar-refractivity contribution < 1.29 is 0 Å². The summed E-state index contributed by atoms with van der Waals surface area (Å²) in [5.74, 6) is 0. The zero-order valence-corrected chi connectivity index (χ0v) is 68.7. The molecular formula is C79H187N23. The van der Waals surface area contributed by atoms with E-state index < -0.39 is 0 Å². The first-order valence-corrected chi connectivity index (χ1v) is 43.4. The zero-order chi connectivity index (χ0) is 75.5. The Balaban J connectivity index is -0.00000163. The molecule has 0 radical (unpaired) electrons. The molecule has 102 heavy (non-hydrogen) atoms. The van der Waals surface area contributed by atoms with Gasteiger partial charge in [-0.2, -0.15) is 0 Å². The summed E-state index contributed by atoms with van der Waals surface area (Å²) in [5.41, 5.74) is 74.8. The summed E-state index contributed by atoms with van der Waals surface area (Å²) < 4.78 is 0. The Labute approximate surface area is 634 Å². The van der Waals surface area contributed by atoms with Crippen molar-refractivity contribution in [3.05, 3.63) is 0 Å². The summed E-state index contributed by atoms with van der Waals surface area (Å²) in [6.07, 6.45) is 41.5. The molecule has 0 aromatic rings. The molecule has 0 unspecified atom stereocenters. The van der Waals surface area contributed by atoms with Gasteiger partial charge in [-0.3, -0.25) is 0 Å².